The molecule has 0 atom stereocenters. The molecule has 2 aromatic carbocycles. The summed E-state index contributed by atoms with van der Waals surface area (Å²) in [5.41, 5.74) is 1.86. The van der Waals surface area contributed by atoms with Gasteiger partial charge in [-0.15, -0.1) is 0 Å². The molecule has 6 nitrogen and oxygen atoms in total. The molecule has 7 heteroatoms. The van der Waals surface area contributed by atoms with Gasteiger partial charge in [-0.2, -0.15) is 0 Å². The van der Waals surface area contributed by atoms with Gasteiger partial charge in [-0.1, -0.05) is 11.6 Å². The molecular formula is C21H23ClN2O4. The summed E-state index contributed by atoms with van der Waals surface area (Å²) in [6, 6.07) is 11.7. The minimum absolute atomic E-state index is 0.0655. The Morgan fingerprint density at radius 3 is 2.36 bits per heavy atom. The van der Waals surface area contributed by atoms with Crippen LogP contribution in [0.25, 0.3) is 0 Å². The van der Waals surface area contributed by atoms with E-state index in [1.54, 1.807) is 24.3 Å². The van der Waals surface area contributed by atoms with E-state index in [1.165, 1.54) is 12.1 Å². The van der Waals surface area contributed by atoms with Crippen molar-refractivity contribution in [3.8, 4) is 5.75 Å². The van der Waals surface area contributed by atoms with Crippen molar-refractivity contribution in [1.82, 2.24) is 5.32 Å². The summed E-state index contributed by atoms with van der Waals surface area (Å²) in [4.78, 5) is 23.1. The number of benzene rings is 2. The Balaban J connectivity index is 1.43. The second-order valence-corrected chi connectivity index (χ2v) is 7.39. The highest BCUT2D eigenvalue weighted by molar-refractivity contribution is 6.31. The summed E-state index contributed by atoms with van der Waals surface area (Å²) in [5.74, 6) is -0.289. The number of ether oxygens (including phenoxy) is 1. The van der Waals surface area contributed by atoms with Crippen molar-refractivity contribution in [1.29, 1.82) is 0 Å². The lowest BCUT2D eigenvalue weighted by Gasteiger charge is -2.29. The number of aromatic carboxylic acids is 1. The third-order valence-corrected chi connectivity index (χ3v) is 5.25. The van der Waals surface area contributed by atoms with Crippen LogP contribution in [0.1, 0.15) is 41.6 Å². The van der Waals surface area contributed by atoms with Crippen LogP contribution in [-0.4, -0.2) is 29.3 Å². The average molecular weight is 403 g/mol. The number of hydrogen-bond donors (Lipinski definition) is 3. The first kappa shape index (κ1) is 20.0. The van der Waals surface area contributed by atoms with Crippen LogP contribution < -0.4 is 15.4 Å². The number of rotatable bonds is 5. The summed E-state index contributed by atoms with van der Waals surface area (Å²) in [7, 11) is 0. The van der Waals surface area contributed by atoms with Gasteiger partial charge in [0.1, 0.15) is 5.75 Å². The van der Waals surface area contributed by atoms with E-state index in [4.69, 9.17) is 21.4 Å². The number of urea groups is 1. The maximum atomic E-state index is 12.2. The molecule has 3 rings (SSSR count). The molecule has 2 amide bonds. The third kappa shape index (κ3) is 5.39. The molecule has 148 valence electrons. The predicted octanol–water partition coefficient (Wildman–Crippen LogP) is 4.86. The molecule has 0 heterocycles. The van der Waals surface area contributed by atoms with Gasteiger partial charge >= 0.3 is 12.0 Å². The molecule has 2 aromatic rings. The van der Waals surface area contributed by atoms with Gasteiger partial charge < -0.3 is 20.5 Å². The van der Waals surface area contributed by atoms with Crippen LogP contribution in [0.4, 0.5) is 10.5 Å². The lowest BCUT2D eigenvalue weighted by molar-refractivity contribution is 0.0696. The Bertz CT molecular complexity index is 846. The number of carbonyl (C=O) groups excluding carboxylic acids is 1. The molecule has 1 aliphatic carbocycles. The number of halogens is 1. The molecule has 0 unspecified atom stereocenters. The topological polar surface area (TPSA) is 87.7 Å². The van der Waals surface area contributed by atoms with Gasteiger partial charge in [-0.3, -0.25) is 0 Å². The van der Waals surface area contributed by atoms with E-state index >= 15 is 0 Å². The fraction of sp³-hybridized carbons (Fsp3) is 0.333. The highest BCUT2D eigenvalue weighted by Gasteiger charge is 2.23. The van der Waals surface area contributed by atoms with Gasteiger partial charge in [0.05, 0.1) is 11.7 Å². The van der Waals surface area contributed by atoms with Gasteiger partial charge in [-0.05, 0) is 80.6 Å². The first-order valence-corrected chi connectivity index (χ1v) is 9.62. The Morgan fingerprint density at radius 1 is 1.07 bits per heavy atom. The van der Waals surface area contributed by atoms with E-state index in [-0.39, 0.29) is 23.7 Å². The molecule has 1 fully saturated rings. The molecular weight excluding hydrogens is 380 g/mol. The number of hydrogen-bond acceptors (Lipinski definition) is 3. The molecule has 0 spiro atoms. The van der Waals surface area contributed by atoms with E-state index in [0.717, 1.165) is 31.2 Å². The number of amides is 2. The zero-order valence-electron chi connectivity index (χ0n) is 15.6. The number of aryl methyl sites for hydroxylation is 1. The van der Waals surface area contributed by atoms with E-state index in [0.29, 0.717) is 16.5 Å². The zero-order valence-corrected chi connectivity index (χ0v) is 16.3. The molecule has 0 bridgehead atoms. The quantitative estimate of drug-likeness (QED) is 0.666. The Morgan fingerprint density at radius 2 is 1.75 bits per heavy atom. The SMILES string of the molecule is Cc1cc(NC(=O)NC2CCC(Oc3ccc(C(=O)O)cc3)CC2)ccc1Cl. The first-order valence-electron chi connectivity index (χ1n) is 9.24. The standard InChI is InChI=1S/C21H23ClN2O4/c1-13-12-16(6-11-19(13)22)24-21(27)23-15-4-9-18(10-5-15)28-17-7-2-14(3-8-17)20(25)26/h2-3,6-8,11-12,15,18H,4-5,9-10H2,1H3,(H,25,26)(H2,23,24,27). The molecule has 0 radical (unpaired) electrons. The van der Waals surface area contributed by atoms with Crippen LogP contribution in [-0.2, 0) is 0 Å². The van der Waals surface area contributed by atoms with Crippen molar-refractivity contribution in [2.24, 2.45) is 0 Å². The fourth-order valence-corrected chi connectivity index (χ4v) is 3.39. The normalized spacial score (nSPS) is 18.9. The molecule has 0 saturated heterocycles. The van der Waals surface area contributed by atoms with Crippen LogP contribution in [0.3, 0.4) is 0 Å². The second kappa shape index (κ2) is 8.97. The third-order valence-electron chi connectivity index (χ3n) is 4.83. The van der Waals surface area contributed by atoms with E-state index < -0.39 is 5.97 Å². The summed E-state index contributed by atoms with van der Waals surface area (Å²) in [6.45, 7) is 1.89. The highest BCUT2D eigenvalue weighted by Crippen LogP contribution is 2.24. The van der Waals surface area contributed by atoms with Crippen molar-refractivity contribution in [3.63, 3.8) is 0 Å². The largest absolute Gasteiger partial charge is 0.490 e. The van der Waals surface area contributed by atoms with Crippen molar-refractivity contribution < 1.29 is 19.4 Å². The number of carboxylic acids is 1. The highest BCUT2D eigenvalue weighted by atomic mass is 35.5. The van der Waals surface area contributed by atoms with Crippen molar-refractivity contribution >= 4 is 29.3 Å². The summed E-state index contributed by atoms with van der Waals surface area (Å²) >= 11 is 6.00. The predicted molar refractivity (Wildman–Crippen MR) is 108 cm³/mol. The van der Waals surface area contributed by atoms with Crippen molar-refractivity contribution in [2.75, 3.05) is 5.32 Å². The number of nitrogens with one attached hydrogen (secondary N) is 2. The van der Waals surface area contributed by atoms with Crippen LogP contribution in [0, 0.1) is 6.92 Å². The van der Waals surface area contributed by atoms with E-state index in [9.17, 15) is 9.59 Å². The smallest absolute Gasteiger partial charge is 0.335 e. The lowest BCUT2D eigenvalue weighted by Crippen LogP contribution is -2.41. The van der Waals surface area contributed by atoms with Crippen molar-refractivity contribution in [2.45, 2.75) is 44.8 Å². The van der Waals surface area contributed by atoms with Crippen LogP contribution in [0.15, 0.2) is 42.5 Å². The van der Waals surface area contributed by atoms with Gasteiger partial charge in [-0.25, -0.2) is 9.59 Å². The lowest BCUT2D eigenvalue weighted by atomic mass is 9.93. The molecule has 1 aliphatic rings. The van der Waals surface area contributed by atoms with Crippen molar-refractivity contribution in [3.05, 3.63) is 58.6 Å². The minimum atomic E-state index is -0.954. The number of anilines is 1. The zero-order chi connectivity index (χ0) is 20.1. The number of carboxylic acid groups (broad SMARTS) is 1. The minimum Gasteiger partial charge on any atom is -0.490 e. The first-order chi connectivity index (χ1) is 13.4. The van der Waals surface area contributed by atoms with Gasteiger partial charge in [0, 0.05) is 16.8 Å². The fourth-order valence-electron chi connectivity index (χ4n) is 3.27. The van der Waals surface area contributed by atoms with Crippen LogP contribution in [0.5, 0.6) is 5.75 Å². The molecule has 0 aromatic heterocycles. The van der Waals surface area contributed by atoms with Gasteiger partial charge in [0.15, 0.2) is 0 Å². The summed E-state index contributed by atoms with van der Waals surface area (Å²) in [5, 5.41) is 15.4. The monoisotopic (exact) mass is 402 g/mol. The van der Waals surface area contributed by atoms with Crippen LogP contribution >= 0.6 is 11.6 Å². The maximum Gasteiger partial charge on any atom is 0.335 e. The molecule has 28 heavy (non-hydrogen) atoms. The Kier molecular flexibility index (Phi) is 6.41. The Labute approximate surface area is 168 Å². The number of carbonyl (C=O) groups is 2. The molecule has 1 saturated carbocycles. The van der Waals surface area contributed by atoms with E-state index in [2.05, 4.69) is 10.6 Å². The second-order valence-electron chi connectivity index (χ2n) is 6.98. The summed E-state index contributed by atoms with van der Waals surface area (Å²) in [6.07, 6.45) is 3.36. The van der Waals surface area contributed by atoms with Gasteiger partial charge in [0.25, 0.3) is 0 Å². The summed E-state index contributed by atoms with van der Waals surface area (Å²) < 4.78 is 5.93. The van der Waals surface area contributed by atoms with Crippen LogP contribution in [0.2, 0.25) is 5.02 Å². The molecule has 3 N–H and O–H groups in total. The Hall–Kier alpha value is -2.73. The maximum absolute atomic E-state index is 12.2. The average Bonchev–Trinajstić information content (AvgIpc) is 2.67. The molecule has 0 aliphatic heterocycles. The van der Waals surface area contributed by atoms with E-state index in [1.807, 2.05) is 13.0 Å². The van der Waals surface area contributed by atoms with Gasteiger partial charge in [0.2, 0.25) is 0 Å².